The highest BCUT2D eigenvalue weighted by Gasteiger charge is 2.30. The number of carbonyl (C=O) groups is 5. The van der Waals surface area contributed by atoms with Gasteiger partial charge in [-0.1, -0.05) is 0 Å². The van der Waals surface area contributed by atoms with Gasteiger partial charge < -0.3 is 36.9 Å². The average Bonchev–Trinajstić information content (AvgIpc) is 3.16. The number of thiol groups is 1. The Morgan fingerprint density at radius 1 is 1.07 bits per heavy atom. The summed E-state index contributed by atoms with van der Waals surface area (Å²) in [6.45, 7) is -0.469. The predicted molar refractivity (Wildman–Crippen MR) is 101 cm³/mol. The fraction of sp³-hybridized carbons (Fsp3) is 0.467. The lowest BCUT2D eigenvalue weighted by atomic mass is 10.1. The van der Waals surface area contributed by atoms with Crippen LogP contribution in [0.15, 0.2) is 12.5 Å². The van der Waals surface area contributed by atoms with E-state index in [1.807, 2.05) is 0 Å². The number of hydrogen-bond donors (Lipinski definition) is 8. The van der Waals surface area contributed by atoms with Crippen LogP contribution in [0.1, 0.15) is 12.1 Å². The largest absolute Gasteiger partial charge is 0.481 e. The Morgan fingerprint density at radius 3 is 2.17 bits per heavy atom. The molecular weight excluding hydrogens is 408 g/mol. The van der Waals surface area contributed by atoms with E-state index >= 15 is 0 Å². The van der Waals surface area contributed by atoms with Crippen molar-refractivity contribution in [3.63, 3.8) is 0 Å². The lowest BCUT2D eigenvalue weighted by molar-refractivity contribution is -0.142. The van der Waals surface area contributed by atoms with E-state index in [9.17, 15) is 24.0 Å². The van der Waals surface area contributed by atoms with Crippen LogP contribution >= 0.6 is 12.6 Å². The number of aliphatic carboxylic acids is 2. The average molecular weight is 430 g/mol. The lowest BCUT2D eigenvalue weighted by Gasteiger charge is -2.23. The Hall–Kier alpha value is -3.13. The second-order valence-electron chi connectivity index (χ2n) is 5.85. The van der Waals surface area contributed by atoms with Gasteiger partial charge in [-0.25, -0.2) is 9.78 Å². The summed E-state index contributed by atoms with van der Waals surface area (Å²) in [7, 11) is 0. The molecule has 29 heavy (non-hydrogen) atoms. The second kappa shape index (κ2) is 11.7. The zero-order valence-electron chi connectivity index (χ0n) is 15.1. The molecule has 0 spiro atoms. The Bertz CT molecular complexity index is 742. The first-order chi connectivity index (χ1) is 13.7. The molecule has 3 atom stereocenters. The van der Waals surface area contributed by atoms with Crippen molar-refractivity contribution in [1.82, 2.24) is 25.9 Å². The summed E-state index contributed by atoms with van der Waals surface area (Å²) in [5, 5.41) is 24.7. The number of rotatable bonds is 12. The maximum Gasteiger partial charge on any atom is 0.327 e. The molecule has 3 amide bonds. The van der Waals surface area contributed by atoms with Crippen LogP contribution in [-0.4, -0.2) is 80.3 Å². The molecule has 13 nitrogen and oxygen atoms in total. The van der Waals surface area contributed by atoms with Crippen molar-refractivity contribution in [2.75, 3.05) is 12.3 Å². The van der Waals surface area contributed by atoms with Crippen molar-refractivity contribution in [2.45, 2.75) is 31.0 Å². The van der Waals surface area contributed by atoms with E-state index in [0.717, 1.165) is 0 Å². The Morgan fingerprint density at radius 2 is 1.69 bits per heavy atom. The molecule has 0 aliphatic rings. The molecule has 160 valence electrons. The Labute approximate surface area is 170 Å². The topological polar surface area (TPSA) is 217 Å². The lowest BCUT2D eigenvalue weighted by Crippen LogP contribution is -2.57. The summed E-state index contributed by atoms with van der Waals surface area (Å²) in [6.07, 6.45) is 1.89. The van der Waals surface area contributed by atoms with Crippen molar-refractivity contribution in [2.24, 2.45) is 5.73 Å². The van der Waals surface area contributed by atoms with Crippen molar-refractivity contribution < 1.29 is 34.2 Å². The summed E-state index contributed by atoms with van der Waals surface area (Å²) < 4.78 is 0. The second-order valence-corrected chi connectivity index (χ2v) is 6.21. The molecule has 0 fully saturated rings. The van der Waals surface area contributed by atoms with Gasteiger partial charge in [0.1, 0.15) is 18.1 Å². The van der Waals surface area contributed by atoms with Crippen molar-refractivity contribution in [3.8, 4) is 0 Å². The number of nitrogens with one attached hydrogen (secondary N) is 4. The summed E-state index contributed by atoms with van der Waals surface area (Å²) in [4.78, 5) is 65.1. The van der Waals surface area contributed by atoms with Gasteiger partial charge in [-0.15, -0.1) is 0 Å². The summed E-state index contributed by atoms with van der Waals surface area (Å²) in [5.41, 5.74) is 5.61. The number of amides is 3. The minimum Gasteiger partial charge on any atom is -0.481 e. The molecule has 0 aliphatic carbocycles. The monoisotopic (exact) mass is 430 g/mol. The molecule has 0 aliphatic heterocycles. The highest BCUT2D eigenvalue weighted by molar-refractivity contribution is 7.80. The molecule has 0 aromatic carbocycles. The van der Waals surface area contributed by atoms with Crippen molar-refractivity contribution in [3.05, 3.63) is 18.2 Å². The van der Waals surface area contributed by atoms with Gasteiger partial charge in [0, 0.05) is 24.1 Å². The third-order valence-corrected chi connectivity index (χ3v) is 3.99. The van der Waals surface area contributed by atoms with Crippen LogP contribution in [0.4, 0.5) is 0 Å². The molecule has 0 saturated heterocycles. The van der Waals surface area contributed by atoms with Gasteiger partial charge in [0.2, 0.25) is 17.7 Å². The van der Waals surface area contributed by atoms with Crippen LogP contribution in [0.2, 0.25) is 0 Å². The van der Waals surface area contributed by atoms with Crippen LogP contribution in [0.3, 0.4) is 0 Å². The zero-order valence-corrected chi connectivity index (χ0v) is 16.0. The first-order valence-corrected chi connectivity index (χ1v) is 8.94. The third-order valence-electron chi connectivity index (χ3n) is 3.62. The number of aromatic amines is 1. The van der Waals surface area contributed by atoms with Crippen molar-refractivity contribution >= 4 is 42.3 Å². The van der Waals surface area contributed by atoms with Crippen molar-refractivity contribution in [1.29, 1.82) is 0 Å². The van der Waals surface area contributed by atoms with Gasteiger partial charge in [0.25, 0.3) is 0 Å². The van der Waals surface area contributed by atoms with E-state index < -0.39 is 60.8 Å². The first-order valence-electron chi connectivity index (χ1n) is 8.30. The molecule has 0 radical (unpaired) electrons. The molecule has 0 bridgehead atoms. The van der Waals surface area contributed by atoms with E-state index in [2.05, 4.69) is 38.5 Å². The van der Waals surface area contributed by atoms with E-state index in [-0.39, 0.29) is 12.2 Å². The number of hydrogen-bond acceptors (Lipinski definition) is 8. The summed E-state index contributed by atoms with van der Waals surface area (Å²) >= 11 is 3.85. The Kier molecular flexibility index (Phi) is 9.61. The molecule has 14 heteroatoms. The molecular formula is C15H22N6O7S. The van der Waals surface area contributed by atoms with Gasteiger partial charge in [-0.05, 0) is 0 Å². The van der Waals surface area contributed by atoms with Crippen LogP contribution in [0.5, 0.6) is 0 Å². The number of carbonyl (C=O) groups excluding carboxylic acids is 3. The molecule has 3 unspecified atom stereocenters. The fourth-order valence-corrected chi connectivity index (χ4v) is 2.44. The minimum absolute atomic E-state index is 0.0961. The van der Waals surface area contributed by atoms with Gasteiger partial charge in [0.15, 0.2) is 0 Å². The fourth-order valence-electron chi connectivity index (χ4n) is 2.19. The molecule has 1 aromatic heterocycles. The molecule has 8 N–H and O–H groups in total. The van der Waals surface area contributed by atoms with Gasteiger partial charge >= 0.3 is 11.9 Å². The van der Waals surface area contributed by atoms with Gasteiger partial charge in [-0.3, -0.25) is 19.2 Å². The number of H-pyrrole nitrogens is 1. The third kappa shape index (κ3) is 8.18. The highest BCUT2D eigenvalue weighted by atomic mass is 32.1. The standard InChI is InChI=1S/C15H22N6O7S/c16-3-11(22)19-9(2-12(23)24)14(26)20-8(1-7-4-17-6-18-7)13(25)21-10(5-29)15(27)28/h4,6,8-10,29H,1-3,5,16H2,(H,17,18)(H,19,22)(H,20,26)(H,21,25)(H,23,24)(H,27,28). The maximum atomic E-state index is 12.5. The number of carboxylic acid groups (broad SMARTS) is 2. The van der Waals surface area contributed by atoms with Gasteiger partial charge in [-0.2, -0.15) is 12.6 Å². The smallest absolute Gasteiger partial charge is 0.327 e. The quantitative estimate of drug-likeness (QED) is 0.157. The first kappa shape index (κ1) is 23.9. The molecule has 1 heterocycles. The number of imidazole rings is 1. The number of nitrogens with two attached hydrogens (primary N) is 1. The zero-order chi connectivity index (χ0) is 22.0. The van der Waals surface area contributed by atoms with Crippen LogP contribution in [0, 0.1) is 0 Å². The predicted octanol–water partition coefficient (Wildman–Crippen LogP) is -3.15. The summed E-state index contributed by atoms with van der Waals surface area (Å²) in [5.74, 6) is -5.43. The van der Waals surface area contributed by atoms with E-state index in [1.165, 1.54) is 12.5 Å². The SMILES string of the molecule is NCC(=O)NC(CC(=O)O)C(=O)NC(Cc1cnc[nH]1)C(=O)NC(CS)C(=O)O. The number of nitrogens with zero attached hydrogens (tertiary/aromatic N) is 1. The van der Waals surface area contributed by atoms with E-state index in [0.29, 0.717) is 5.69 Å². The molecule has 1 aromatic rings. The minimum atomic E-state index is -1.49. The normalized spacial score (nSPS) is 13.6. The van der Waals surface area contributed by atoms with E-state index in [4.69, 9.17) is 15.9 Å². The van der Waals surface area contributed by atoms with Crippen LogP contribution in [-0.2, 0) is 30.4 Å². The van der Waals surface area contributed by atoms with Gasteiger partial charge in [0.05, 0.1) is 19.3 Å². The Balaban J connectivity index is 2.99. The number of carboxylic acids is 2. The highest BCUT2D eigenvalue weighted by Crippen LogP contribution is 2.03. The number of aromatic nitrogens is 2. The summed E-state index contributed by atoms with van der Waals surface area (Å²) in [6, 6.07) is -4.07. The molecule has 1 rings (SSSR count). The van der Waals surface area contributed by atoms with E-state index in [1.54, 1.807) is 0 Å². The van der Waals surface area contributed by atoms with Crippen LogP contribution in [0.25, 0.3) is 0 Å². The maximum absolute atomic E-state index is 12.5. The van der Waals surface area contributed by atoms with Crippen LogP contribution < -0.4 is 21.7 Å². The molecule has 0 saturated carbocycles.